The lowest BCUT2D eigenvalue weighted by atomic mass is 9.92. The normalized spacial score (nSPS) is 20.6. The van der Waals surface area contributed by atoms with Crippen LogP contribution in [0.4, 0.5) is 0 Å². The number of nitrogens with zero attached hydrogens (tertiary/aromatic N) is 1. The lowest BCUT2D eigenvalue weighted by Crippen LogP contribution is -2.41. The highest BCUT2D eigenvalue weighted by atomic mass is 35.5. The van der Waals surface area contributed by atoms with Gasteiger partial charge in [0.2, 0.25) is 5.91 Å². The number of amides is 1. The molecule has 1 amide bonds. The number of carbonyl (C=O) groups is 1. The lowest BCUT2D eigenvalue weighted by Gasteiger charge is -2.32. The predicted octanol–water partition coefficient (Wildman–Crippen LogP) is 3.89. The summed E-state index contributed by atoms with van der Waals surface area (Å²) in [5.74, 6) is 0.694. The molecule has 4 nitrogen and oxygen atoms in total. The van der Waals surface area contributed by atoms with E-state index in [1.807, 2.05) is 18.2 Å². The fraction of sp³-hybridized carbons (Fsp3) is 0.632. The van der Waals surface area contributed by atoms with E-state index in [1.165, 1.54) is 5.56 Å². The lowest BCUT2D eigenvalue weighted by molar-refractivity contribution is -0.123. The van der Waals surface area contributed by atoms with Gasteiger partial charge in [0, 0.05) is 32.2 Å². The Labute approximate surface area is 159 Å². The van der Waals surface area contributed by atoms with Crippen LogP contribution in [-0.2, 0) is 16.1 Å². The average molecular weight is 385 g/mol. The first kappa shape index (κ1) is 19.0. The zero-order valence-electron chi connectivity index (χ0n) is 14.5. The maximum atomic E-state index is 12.2. The van der Waals surface area contributed by atoms with Crippen molar-refractivity contribution in [2.45, 2.75) is 44.7 Å². The van der Waals surface area contributed by atoms with Crippen LogP contribution >= 0.6 is 23.2 Å². The number of halogens is 2. The number of nitrogens with one attached hydrogen (secondary N) is 1. The number of ether oxygens (including phenoxy) is 1. The van der Waals surface area contributed by atoms with Crippen LogP contribution in [0.15, 0.2) is 18.2 Å². The molecule has 0 aromatic heterocycles. The molecule has 0 unspecified atom stereocenters. The highest BCUT2D eigenvalue weighted by Gasteiger charge is 2.23. The van der Waals surface area contributed by atoms with Crippen LogP contribution in [-0.4, -0.2) is 43.2 Å². The molecule has 2 fully saturated rings. The van der Waals surface area contributed by atoms with Gasteiger partial charge in [0.1, 0.15) is 0 Å². The average Bonchev–Trinajstić information content (AvgIpc) is 2.61. The quantitative estimate of drug-likeness (QED) is 0.836. The summed E-state index contributed by atoms with van der Waals surface area (Å²) in [5.41, 5.74) is 1.19. The van der Waals surface area contributed by atoms with Gasteiger partial charge < -0.3 is 10.1 Å². The minimum Gasteiger partial charge on any atom is -0.381 e. The summed E-state index contributed by atoms with van der Waals surface area (Å²) in [6, 6.07) is 6.13. The Morgan fingerprint density at radius 1 is 1.12 bits per heavy atom. The standard InChI is InChI=1S/C19H26Cl2N2O2/c20-17-2-1-15(11-18(17)21)13-23-7-3-14(4-8-23)12-19(24)22-16-5-9-25-10-6-16/h1-2,11,14,16H,3-10,12-13H2,(H,22,24). The van der Waals surface area contributed by atoms with E-state index in [9.17, 15) is 4.79 Å². The summed E-state index contributed by atoms with van der Waals surface area (Å²) < 4.78 is 5.33. The summed E-state index contributed by atoms with van der Waals surface area (Å²) in [6.45, 7) is 4.46. The maximum Gasteiger partial charge on any atom is 0.220 e. The molecule has 0 spiro atoms. The zero-order valence-corrected chi connectivity index (χ0v) is 16.0. The Morgan fingerprint density at radius 2 is 1.84 bits per heavy atom. The summed E-state index contributed by atoms with van der Waals surface area (Å²) >= 11 is 12.1. The van der Waals surface area contributed by atoms with Crippen molar-refractivity contribution in [3.63, 3.8) is 0 Å². The topological polar surface area (TPSA) is 41.6 Å². The third kappa shape index (κ3) is 5.85. The minimum atomic E-state index is 0.204. The largest absolute Gasteiger partial charge is 0.381 e. The number of likely N-dealkylation sites (tertiary alicyclic amines) is 1. The van der Waals surface area contributed by atoms with E-state index >= 15 is 0 Å². The predicted molar refractivity (Wildman–Crippen MR) is 101 cm³/mol. The van der Waals surface area contributed by atoms with Crippen LogP contribution in [0.3, 0.4) is 0 Å². The molecule has 2 heterocycles. The van der Waals surface area contributed by atoms with E-state index in [0.29, 0.717) is 28.4 Å². The number of carbonyl (C=O) groups excluding carboxylic acids is 1. The first-order valence-corrected chi connectivity index (χ1v) is 9.89. The maximum absolute atomic E-state index is 12.2. The summed E-state index contributed by atoms with van der Waals surface area (Å²) in [7, 11) is 0. The van der Waals surface area contributed by atoms with Crippen molar-refractivity contribution in [3.8, 4) is 0 Å². The van der Waals surface area contributed by atoms with Gasteiger partial charge in [-0.15, -0.1) is 0 Å². The molecule has 0 aliphatic carbocycles. The SMILES string of the molecule is O=C(CC1CCN(Cc2ccc(Cl)c(Cl)c2)CC1)NC1CCOCC1. The van der Waals surface area contributed by atoms with Crippen molar-refractivity contribution < 1.29 is 9.53 Å². The molecule has 0 saturated carbocycles. The van der Waals surface area contributed by atoms with E-state index in [2.05, 4.69) is 10.2 Å². The van der Waals surface area contributed by atoms with Crippen LogP contribution in [0.25, 0.3) is 0 Å². The van der Waals surface area contributed by atoms with Crippen LogP contribution in [0.5, 0.6) is 0 Å². The van der Waals surface area contributed by atoms with Crippen molar-refractivity contribution in [3.05, 3.63) is 33.8 Å². The zero-order chi connectivity index (χ0) is 17.6. The second-order valence-electron chi connectivity index (χ2n) is 7.13. The highest BCUT2D eigenvalue weighted by Crippen LogP contribution is 2.25. The Morgan fingerprint density at radius 3 is 2.52 bits per heavy atom. The molecule has 1 aromatic carbocycles. The van der Waals surface area contributed by atoms with Gasteiger partial charge in [-0.25, -0.2) is 0 Å². The molecular weight excluding hydrogens is 359 g/mol. The summed E-state index contributed by atoms with van der Waals surface area (Å²) in [5, 5.41) is 4.38. The molecule has 6 heteroatoms. The van der Waals surface area contributed by atoms with Gasteiger partial charge >= 0.3 is 0 Å². The minimum absolute atomic E-state index is 0.204. The third-order valence-corrected chi connectivity index (χ3v) is 5.90. The van der Waals surface area contributed by atoms with Crippen molar-refractivity contribution in [1.82, 2.24) is 10.2 Å². The molecule has 3 rings (SSSR count). The first-order chi connectivity index (χ1) is 12.1. The molecule has 2 aliphatic rings. The number of hydrogen-bond acceptors (Lipinski definition) is 3. The van der Waals surface area contributed by atoms with E-state index in [-0.39, 0.29) is 5.91 Å². The van der Waals surface area contributed by atoms with E-state index < -0.39 is 0 Å². The molecule has 0 atom stereocenters. The van der Waals surface area contributed by atoms with Gasteiger partial charge in [-0.3, -0.25) is 9.69 Å². The number of rotatable bonds is 5. The van der Waals surface area contributed by atoms with Gasteiger partial charge in [-0.05, 0) is 62.4 Å². The van der Waals surface area contributed by atoms with E-state index in [1.54, 1.807) is 0 Å². The molecule has 138 valence electrons. The number of piperidine rings is 1. The monoisotopic (exact) mass is 384 g/mol. The Hall–Kier alpha value is -0.810. The van der Waals surface area contributed by atoms with Crippen molar-refractivity contribution >= 4 is 29.1 Å². The smallest absolute Gasteiger partial charge is 0.220 e. The van der Waals surface area contributed by atoms with Crippen molar-refractivity contribution in [2.75, 3.05) is 26.3 Å². The van der Waals surface area contributed by atoms with Crippen molar-refractivity contribution in [2.24, 2.45) is 5.92 Å². The molecule has 1 aromatic rings. The fourth-order valence-corrected chi connectivity index (χ4v) is 3.96. The Balaban J connectivity index is 1.39. The van der Waals surface area contributed by atoms with Crippen LogP contribution < -0.4 is 5.32 Å². The second kappa shape index (κ2) is 9.22. The third-order valence-electron chi connectivity index (χ3n) is 5.16. The molecule has 0 bridgehead atoms. The molecule has 0 radical (unpaired) electrons. The Kier molecular flexibility index (Phi) is 7.00. The van der Waals surface area contributed by atoms with Crippen LogP contribution in [0.1, 0.15) is 37.7 Å². The van der Waals surface area contributed by atoms with Crippen molar-refractivity contribution in [1.29, 1.82) is 0 Å². The van der Waals surface area contributed by atoms with Crippen LogP contribution in [0.2, 0.25) is 10.0 Å². The molecular formula is C19H26Cl2N2O2. The molecule has 1 N–H and O–H groups in total. The van der Waals surface area contributed by atoms with Gasteiger partial charge in [0.25, 0.3) is 0 Å². The molecule has 2 saturated heterocycles. The fourth-order valence-electron chi connectivity index (χ4n) is 3.64. The summed E-state index contributed by atoms with van der Waals surface area (Å²) in [6.07, 6.45) is 4.67. The number of benzene rings is 1. The highest BCUT2D eigenvalue weighted by molar-refractivity contribution is 6.42. The van der Waals surface area contributed by atoms with Gasteiger partial charge in [0.05, 0.1) is 10.0 Å². The van der Waals surface area contributed by atoms with E-state index in [4.69, 9.17) is 27.9 Å². The second-order valence-corrected chi connectivity index (χ2v) is 7.94. The number of hydrogen-bond donors (Lipinski definition) is 1. The summed E-state index contributed by atoms with van der Waals surface area (Å²) in [4.78, 5) is 14.7. The Bertz CT molecular complexity index is 583. The molecule has 25 heavy (non-hydrogen) atoms. The first-order valence-electron chi connectivity index (χ1n) is 9.13. The van der Waals surface area contributed by atoms with Gasteiger partial charge in [0.15, 0.2) is 0 Å². The molecule has 2 aliphatic heterocycles. The van der Waals surface area contributed by atoms with Gasteiger partial charge in [-0.1, -0.05) is 29.3 Å². The van der Waals surface area contributed by atoms with E-state index in [0.717, 1.165) is 58.5 Å². The van der Waals surface area contributed by atoms with Gasteiger partial charge in [-0.2, -0.15) is 0 Å². The van der Waals surface area contributed by atoms with Crippen LogP contribution in [0, 0.1) is 5.92 Å².